The Labute approximate surface area is 83.1 Å². The van der Waals surface area contributed by atoms with Gasteiger partial charge in [0.25, 0.3) is 0 Å². The first-order valence-corrected chi connectivity index (χ1v) is 6.07. The minimum absolute atomic E-state index is 0.00347. The molecule has 0 radical (unpaired) electrons. The van der Waals surface area contributed by atoms with Crippen molar-refractivity contribution in [3.8, 4) is 0 Å². The molecule has 0 spiro atoms. The minimum Gasteiger partial charge on any atom is -0.300 e. The van der Waals surface area contributed by atoms with Crippen molar-refractivity contribution in [1.82, 2.24) is 4.31 Å². The number of carbonyl (C=O) groups excluding carboxylic acids is 2. The van der Waals surface area contributed by atoms with Gasteiger partial charge in [0.05, 0.1) is 5.75 Å². The van der Waals surface area contributed by atoms with Crippen LogP contribution in [-0.4, -0.2) is 36.7 Å². The van der Waals surface area contributed by atoms with Gasteiger partial charge >= 0.3 is 0 Å². The monoisotopic (exact) mass is 219 g/mol. The summed E-state index contributed by atoms with van der Waals surface area (Å²) in [6, 6.07) is 0. The van der Waals surface area contributed by atoms with Crippen molar-refractivity contribution >= 4 is 21.7 Å². The van der Waals surface area contributed by atoms with E-state index in [1.165, 1.54) is 6.92 Å². The van der Waals surface area contributed by atoms with Crippen molar-refractivity contribution in [1.29, 1.82) is 0 Å². The molecule has 0 N–H and O–H groups in total. The molecule has 0 atom stereocenters. The highest BCUT2D eigenvalue weighted by Crippen LogP contribution is 2.15. The summed E-state index contributed by atoms with van der Waals surface area (Å²) in [5.41, 5.74) is 0. The van der Waals surface area contributed by atoms with Crippen LogP contribution < -0.4 is 0 Å². The number of hydrogen-bond acceptors (Lipinski definition) is 4. The zero-order valence-electron chi connectivity index (χ0n) is 8.02. The summed E-state index contributed by atoms with van der Waals surface area (Å²) in [6.45, 7) is 1.37. The van der Waals surface area contributed by atoms with E-state index in [9.17, 15) is 18.0 Å². The van der Waals surface area contributed by atoms with E-state index in [1.807, 2.05) is 0 Å². The summed E-state index contributed by atoms with van der Waals surface area (Å²) in [4.78, 5) is 21.9. The van der Waals surface area contributed by atoms with Crippen LogP contribution in [0.15, 0.2) is 0 Å². The number of carbonyl (C=O) groups is 2. The lowest BCUT2D eigenvalue weighted by atomic mass is 10.3. The third-order valence-electron chi connectivity index (χ3n) is 2.07. The van der Waals surface area contributed by atoms with E-state index in [0.29, 0.717) is 6.42 Å². The third kappa shape index (κ3) is 2.54. The fourth-order valence-electron chi connectivity index (χ4n) is 1.32. The Morgan fingerprint density at radius 1 is 1.50 bits per heavy atom. The summed E-state index contributed by atoms with van der Waals surface area (Å²) >= 11 is 0. The first-order chi connectivity index (χ1) is 6.43. The molecule has 6 heteroatoms. The standard InChI is InChI=1S/C8H13NO4S/c1-7(10)4-5-9-8(11)3-2-6-14(9,12)13/h2-6H2,1H3. The van der Waals surface area contributed by atoms with E-state index >= 15 is 0 Å². The number of ketones is 1. The molecule has 1 aliphatic rings. The van der Waals surface area contributed by atoms with Crippen LogP contribution in [0.4, 0.5) is 0 Å². The van der Waals surface area contributed by atoms with Gasteiger partial charge in [-0.25, -0.2) is 12.7 Å². The fraction of sp³-hybridized carbons (Fsp3) is 0.750. The molecule has 0 aromatic carbocycles. The second-order valence-corrected chi connectivity index (χ2v) is 5.35. The predicted octanol–water partition coefficient (Wildman–Crippen LogP) is -0.0823. The van der Waals surface area contributed by atoms with Gasteiger partial charge in [0.15, 0.2) is 0 Å². The molecule has 1 aliphatic heterocycles. The highest BCUT2D eigenvalue weighted by Gasteiger charge is 2.31. The summed E-state index contributed by atoms with van der Waals surface area (Å²) in [7, 11) is -3.44. The third-order valence-corrected chi connectivity index (χ3v) is 3.94. The van der Waals surface area contributed by atoms with Crippen LogP contribution in [0, 0.1) is 0 Å². The molecule has 1 fully saturated rings. The zero-order chi connectivity index (χ0) is 10.8. The summed E-state index contributed by atoms with van der Waals surface area (Å²) in [5, 5.41) is 0. The van der Waals surface area contributed by atoms with Gasteiger partial charge in [0, 0.05) is 19.4 Å². The SMILES string of the molecule is CC(=O)CCN1C(=O)CCCS1(=O)=O. The molecule has 0 bridgehead atoms. The fourth-order valence-corrected chi connectivity index (χ4v) is 2.82. The summed E-state index contributed by atoms with van der Waals surface area (Å²) < 4.78 is 23.6. The topological polar surface area (TPSA) is 71.5 Å². The first kappa shape index (κ1) is 11.2. The van der Waals surface area contributed by atoms with E-state index in [-0.39, 0.29) is 30.9 Å². The van der Waals surface area contributed by atoms with Crippen LogP contribution in [0.3, 0.4) is 0 Å². The van der Waals surface area contributed by atoms with Crippen molar-refractivity contribution in [2.45, 2.75) is 26.2 Å². The molecule has 1 rings (SSSR count). The van der Waals surface area contributed by atoms with Crippen molar-refractivity contribution in [2.75, 3.05) is 12.3 Å². The minimum atomic E-state index is -3.44. The Morgan fingerprint density at radius 2 is 2.14 bits per heavy atom. The molecule has 5 nitrogen and oxygen atoms in total. The van der Waals surface area contributed by atoms with Gasteiger partial charge in [-0.05, 0) is 13.3 Å². The Hall–Kier alpha value is -0.910. The molecule has 0 aromatic heterocycles. The second kappa shape index (κ2) is 4.08. The molecular weight excluding hydrogens is 206 g/mol. The van der Waals surface area contributed by atoms with Crippen LogP contribution in [-0.2, 0) is 19.6 Å². The Bertz CT molecular complexity index is 346. The van der Waals surface area contributed by atoms with E-state index in [2.05, 4.69) is 0 Å². The average molecular weight is 219 g/mol. The maximum Gasteiger partial charge on any atom is 0.237 e. The molecule has 80 valence electrons. The molecule has 1 amide bonds. The van der Waals surface area contributed by atoms with Gasteiger partial charge in [-0.2, -0.15) is 0 Å². The van der Waals surface area contributed by atoms with Gasteiger partial charge in [-0.1, -0.05) is 0 Å². The van der Waals surface area contributed by atoms with Crippen LogP contribution in [0.1, 0.15) is 26.2 Å². The lowest BCUT2D eigenvalue weighted by Crippen LogP contribution is -2.43. The molecule has 0 aromatic rings. The summed E-state index contributed by atoms with van der Waals surface area (Å²) in [5.74, 6) is -0.493. The number of rotatable bonds is 3. The van der Waals surface area contributed by atoms with Gasteiger partial charge < -0.3 is 0 Å². The maximum atomic E-state index is 11.4. The second-order valence-electron chi connectivity index (χ2n) is 3.34. The van der Waals surface area contributed by atoms with Crippen molar-refractivity contribution in [2.24, 2.45) is 0 Å². The van der Waals surface area contributed by atoms with Crippen LogP contribution in [0.2, 0.25) is 0 Å². The van der Waals surface area contributed by atoms with Gasteiger partial charge in [0.2, 0.25) is 15.9 Å². The molecule has 0 unspecified atom stereocenters. The number of sulfonamides is 1. The summed E-state index contributed by atoms with van der Waals surface area (Å²) in [6.07, 6.45) is 0.750. The molecular formula is C8H13NO4S. The van der Waals surface area contributed by atoms with Gasteiger partial charge in [-0.15, -0.1) is 0 Å². The van der Waals surface area contributed by atoms with Crippen LogP contribution in [0.25, 0.3) is 0 Å². The van der Waals surface area contributed by atoms with Crippen molar-refractivity contribution < 1.29 is 18.0 Å². The lowest BCUT2D eigenvalue weighted by molar-refractivity contribution is -0.127. The molecule has 0 aliphatic carbocycles. The first-order valence-electron chi connectivity index (χ1n) is 4.46. The largest absolute Gasteiger partial charge is 0.300 e. The molecule has 1 saturated heterocycles. The van der Waals surface area contributed by atoms with E-state index < -0.39 is 15.9 Å². The molecule has 1 heterocycles. The van der Waals surface area contributed by atoms with E-state index in [0.717, 1.165) is 4.31 Å². The van der Waals surface area contributed by atoms with E-state index in [1.54, 1.807) is 0 Å². The Morgan fingerprint density at radius 3 is 2.64 bits per heavy atom. The lowest BCUT2D eigenvalue weighted by Gasteiger charge is -2.25. The maximum absolute atomic E-state index is 11.4. The highest BCUT2D eigenvalue weighted by molar-refractivity contribution is 7.89. The number of nitrogens with zero attached hydrogens (tertiary/aromatic N) is 1. The zero-order valence-corrected chi connectivity index (χ0v) is 8.84. The number of hydrogen-bond donors (Lipinski definition) is 0. The van der Waals surface area contributed by atoms with Crippen molar-refractivity contribution in [3.63, 3.8) is 0 Å². The molecule has 14 heavy (non-hydrogen) atoms. The van der Waals surface area contributed by atoms with Gasteiger partial charge in [0.1, 0.15) is 5.78 Å². The smallest absolute Gasteiger partial charge is 0.237 e. The van der Waals surface area contributed by atoms with Gasteiger partial charge in [-0.3, -0.25) is 9.59 Å². The van der Waals surface area contributed by atoms with E-state index in [4.69, 9.17) is 0 Å². The Kier molecular flexibility index (Phi) is 3.25. The predicted molar refractivity (Wildman–Crippen MR) is 50.0 cm³/mol. The Balaban J connectivity index is 2.71. The van der Waals surface area contributed by atoms with Crippen LogP contribution in [0.5, 0.6) is 0 Å². The average Bonchev–Trinajstić information content (AvgIpc) is 2.01. The van der Waals surface area contributed by atoms with Crippen molar-refractivity contribution in [3.05, 3.63) is 0 Å². The quantitative estimate of drug-likeness (QED) is 0.665. The number of Topliss-reactive ketones (excluding diaryl/α,β-unsaturated/α-hetero) is 1. The number of amides is 1. The highest BCUT2D eigenvalue weighted by atomic mass is 32.2. The molecule has 0 saturated carbocycles. The normalized spacial score (nSPS) is 20.9. The van der Waals surface area contributed by atoms with Crippen LogP contribution >= 0.6 is 0 Å².